The average Bonchev–Trinajstić information content (AvgIpc) is 2.19. The molecule has 15 heavy (non-hydrogen) atoms. The van der Waals surface area contributed by atoms with Crippen LogP contribution in [0.3, 0.4) is 0 Å². The lowest BCUT2D eigenvalue weighted by atomic mass is 9.99. The van der Waals surface area contributed by atoms with Gasteiger partial charge in [0.2, 0.25) is 0 Å². The summed E-state index contributed by atoms with van der Waals surface area (Å²) in [6.07, 6.45) is 0. The van der Waals surface area contributed by atoms with Crippen molar-refractivity contribution in [1.29, 1.82) is 0 Å². The molecule has 0 heterocycles. The van der Waals surface area contributed by atoms with Crippen LogP contribution in [0.4, 0.5) is 4.39 Å². The molecule has 1 aromatic carbocycles. The normalized spacial score (nSPS) is 12.3. The molecule has 0 amide bonds. The molecule has 3 heteroatoms. The summed E-state index contributed by atoms with van der Waals surface area (Å²) in [6, 6.07) is 3.73. The van der Waals surface area contributed by atoms with Gasteiger partial charge in [-0.15, -0.1) is 0 Å². The third-order valence-corrected chi connectivity index (χ3v) is 2.26. The molecule has 0 aliphatic heterocycles. The molecule has 2 N–H and O–H groups in total. The molecule has 0 aliphatic rings. The summed E-state index contributed by atoms with van der Waals surface area (Å²) in [5.41, 5.74) is 7.07. The third-order valence-electron chi connectivity index (χ3n) is 2.26. The van der Waals surface area contributed by atoms with Crippen LogP contribution in [0.5, 0.6) is 0 Å². The average molecular weight is 207 g/mol. The van der Waals surface area contributed by atoms with E-state index in [1.54, 1.807) is 26.0 Å². The SMILES string of the molecule is C=C(C)C(=O)C(N)c1ccc(C)c(F)c1. The third kappa shape index (κ3) is 2.50. The number of ketones is 1. The fraction of sp³-hybridized carbons (Fsp3) is 0.250. The first kappa shape index (κ1) is 11.6. The molecule has 0 spiro atoms. The smallest absolute Gasteiger partial charge is 0.179 e. The van der Waals surface area contributed by atoms with Crippen LogP contribution in [-0.4, -0.2) is 5.78 Å². The van der Waals surface area contributed by atoms with Crippen molar-refractivity contribution in [3.05, 3.63) is 47.3 Å². The van der Waals surface area contributed by atoms with Crippen molar-refractivity contribution in [1.82, 2.24) is 0 Å². The molecule has 1 aromatic rings. The number of halogens is 1. The van der Waals surface area contributed by atoms with E-state index in [4.69, 9.17) is 5.73 Å². The summed E-state index contributed by atoms with van der Waals surface area (Å²) in [7, 11) is 0. The van der Waals surface area contributed by atoms with Gasteiger partial charge in [0.15, 0.2) is 5.78 Å². The maximum atomic E-state index is 13.2. The van der Waals surface area contributed by atoms with E-state index >= 15 is 0 Å². The quantitative estimate of drug-likeness (QED) is 0.773. The highest BCUT2D eigenvalue weighted by Gasteiger charge is 2.16. The summed E-state index contributed by atoms with van der Waals surface area (Å²) < 4.78 is 13.2. The minimum atomic E-state index is -0.822. The zero-order valence-electron chi connectivity index (χ0n) is 8.88. The molecule has 0 bridgehead atoms. The van der Waals surface area contributed by atoms with Gasteiger partial charge in [-0.3, -0.25) is 4.79 Å². The van der Waals surface area contributed by atoms with Crippen molar-refractivity contribution >= 4 is 5.78 Å². The van der Waals surface area contributed by atoms with E-state index in [1.165, 1.54) is 6.07 Å². The van der Waals surface area contributed by atoms with E-state index in [1.807, 2.05) is 0 Å². The molecule has 0 radical (unpaired) electrons. The molecular formula is C12H14FNO. The Balaban J connectivity index is 3.02. The van der Waals surface area contributed by atoms with Crippen LogP contribution >= 0.6 is 0 Å². The fourth-order valence-electron chi connectivity index (χ4n) is 1.22. The van der Waals surface area contributed by atoms with Gasteiger partial charge in [0.25, 0.3) is 0 Å². The lowest BCUT2D eigenvalue weighted by molar-refractivity contribution is -0.116. The predicted molar refractivity (Wildman–Crippen MR) is 57.9 cm³/mol. The van der Waals surface area contributed by atoms with Crippen molar-refractivity contribution < 1.29 is 9.18 Å². The molecule has 0 aliphatic carbocycles. The lowest BCUT2D eigenvalue weighted by Gasteiger charge is -2.11. The Bertz CT molecular complexity index is 412. The zero-order valence-corrected chi connectivity index (χ0v) is 8.88. The maximum Gasteiger partial charge on any atom is 0.179 e. The molecule has 0 saturated heterocycles. The molecule has 1 unspecified atom stereocenters. The monoisotopic (exact) mass is 207 g/mol. The lowest BCUT2D eigenvalue weighted by Crippen LogP contribution is -2.22. The number of hydrogen-bond acceptors (Lipinski definition) is 2. The van der Waals surface area contributed by atoms with E-state index in [9.17, 15) is 9.18 Å². The number of carbonyl (C=O) groups excluding carboxylic acids is 1. The van der Waals surface area contributed by atoms with Crippen LogP contribution in [0.25, 0.3) is 0 Å². The van der Waals surface area contributed by atoms with E-state index < -0.39 is 6.04 Å². The van der Waals surface area contributed by atoms with Gasteiger partial charge in [0.1, 0.15) is 5.82 Å². The minimum absolute atomic E-state index is 0.266. The summed E-state index contributed by atoms with van der Waals surface area (Å²) in [4.78, 5) is 11.5. The molecule has 0 fully saturated rings. The van der Waals surface area contributed by atoms with Crippen molar-refractivity contribution in [2.45, 2.75) is 19.9 Å². The van der Waals surface area contributed by atoms with Gasteiger partial charge in [-0.2, -0.15) is 0 Å². The van der Waals surface area contributed by atoms with Gasteiger partial charge in [0, 0.05) is 0 Å². The number of aryl methyl sites for hydroxylation is 1. The van der Waals surface area contributed by atoms with Crippen molar-refractivity contribution in [3.63, 3.8) is 0 Å². The van der Waals surface area contributed by atoms with Crippen molar-refractivity contribution in [3.8, 4) is 0 Å². The Morgan fingerprint density at radius 3 is 2.60 bits per heavy atom. The highest BCUT2D eigenvalue weighted by Crippen LogP contribution is 2.17. The first-order chi connectivity index (χ1) is 6.93. The molecule has 2 nitrogen and oxygen atoms in total. The maximum absolute atomic E-state index is 13.2. The van der Waals surface area contributed by atoms with Crippen molar-refractivity contribution in [2.24, 2.45) is 5.73 Å². The molecule has 0 saturated carbocycles. The summed E-state index contributed by atoms with van der Waals surface area (Å²) in [5, 5.41) is 0. The highest BCUT2D eigenvalue weighted by atomic mass is 19.1. The second kappa shape index (κ2) is 4.36. The Morgan fingerprint density at radius 1 is 1.53 bits per heavy atom. The van der Waals surface area contributed by atoms with Crippen LogP contribution in [0.15, 0.2) is 30.4 Å². The molecule has 0 aromatic heterocycles. The summed E-state index contributed by atoms with van der Waals surface area (Å²) in [5.74, 6) is -0.615. The van der Waals surface area contributed by atoms with Crippen molar-refractivity contribution in [2.75, 3.05) is 0 Å². The Labute approximate surface area is 88.6 Å². The second-order valence-corrected chi connectivity index (χ2v) is 3.63. The van der Waals surface area contributed by atoms with E-state index in [-0.39, 0.29) is 11.6 Å². The van der Waals surface area contributed by atoms with Crippen LogP contribution in [0.1, 0.15) is 24.1 Å². The van der Waals surface area contributed by atoms with Crippen LogP contribution in [0.2, 0.25) is 0 Å². The highest BCUT2D eigenvalue weighted by molar-refractivity contribution is 5.98. The summed E-state index contributed by atoms with van der Waals surface area (Å²) >= 11 is 0. The topological polar surface area (TPSA) is 43.1 Å². The number of carbonyl (C=O) groups is 1. The number of rotatable bonds is 3. The van der Waals surface area contributed by atoms with Gasteiger partial charge < -0.3 is 5.73 Å². The Hall–Kier alpha value is -1.48. The predicted octanol–water partition coefficient (Wildman–Crippen LogP) is 2.28. The molecule has 1 rings (SSSR count). The molecular weight excluding hydrogens is 193 g/mol. The minimum Gasteiger partial charge on any atom is -0.318 e. The van der Waals surface area contributed by atoms with Gasteiger partial charge in [0.05, 0.1) is 6.04 Å². The zero-order chi connectivity index (χ0) is 11.6. The van der Waals surface area contributed by atoms with Crippen LogP contribution in [-0.2, 0) is 4.79 Å². The number of hydrogen-bond donors (Lipinski definition) is 1. The van der Waals surface area contributed by atoms with Gasteiger partial charge in [-0.25, -0.2) is 4.39 Å². The molecule has 80 valence electrons. The van der Waals surface area contributed by atoms with Crippen LogP contribution in [0, 0.1) is 12.7 Å². The largest absolute Gasteiger partial charge is 0.318 e. The number of benzene rings is 1. The van der Waals surface area contributed by atoms with E-state index in [0.29, 0.717) is 16.7 Å². The van der Waals surface area contributed by atoms with Crippen LogP contribution < -0.4 is 5.73 Å². The standard InChI is InChI=1S/C12H14FNO/c1-7(2)12(15)11(14)9-5-4-8(3)10(13)6-9/h4-6,11H,1,14H2,2-3H3. The van der Waals surface area contributed by atoms with E-state index in [2.05, 4.69) is 6.58 Å². The summed E-state index contributed by atoms with van der Waals surface area (Å²) in [6.45, 7) is 6.77. The van der Waals surface area contributed by atoms with Gasteiger partial charge >= 0.3 is 0 Å². The molecule has 1 atom stereocenters. The number of Topliss-reactive ketones (excluding diaryl/α,β-unsaturated/α-hetero) is 1. The van der Waals surface area contributed by atoms with E-state index in [0.717, 1.165) is 0 Å². The Morgan fingerprint density at radius 2 is 2.13 bits per heavy atom. The van der Waals surface area contributed by atoms with Gasteiger partial charge in [-0.05, 0) is 36.6 Å². The van der Waals surface area contributed by atoms with Gasteiger partial charge in [-0.1, -0.05) is 18.7 Å². The second-order valence-electron chi connectivity index (χ2n) is 3.63. The first-order valence-electron chi connectivity index (χ1n) is 4.65. The fourth-order valence-corrected chi connectivity index (χ4v) is 1.22. The number of nitrogens with two attached hydrogens (primary N) is 1. The first-order valence-corrected chi connectivity index (χ1v) is 4.65. The Kier molecular flexibility index (Phi) is 3.37.